The molecule has 0 saturated carbocycles. The van der Waals surface area contributed by atoms with Crippen molar-refractivity contribution in [2.45, 2.75) is 39.5 Å². The van der Waals surface area contributed by atoms with Gasteiger partial charge in [-0.05, 0) is 55.7 Å². The highest BCUT2D eigenvalue weighted by Gasteiger charge is 2.38. The third kappa shape index (κ3) is 5.80. The van der Waals surface area contributed by atoms with Crippen LogP contribution < -0.4 is 15.7 Å². The number of aromatic nitrogens is 4. The molecule has 4 aromatic rings. The van der Waals surface area contributed by atoms with Gasteiger partial charge in [0, 0.05) is 43.8 Å². The first-order chi connectivity index (χ1) is 18.8. The van der Waals surface area contributed by atoms with Crippen LogP contribution in [0.1, 0.15) is 52.6 Å². The minimum absolute atomic E-state index is 0.0195. The predicted octanol–water partition coefficient (Wildman–Crippen LogP) is 5.11. The molecule has 0 spiro atoms. The van der Waals surface area contributed by atoms with Crippen LogP contribution in [-0.2, 0) is 26.8 Å². The summed E-state index contributed by atoms with van der Waals surface area (Å²) in [6, 6.07) is 7.04. The first-order valence-electron chi connectivity index (χ1n) is 12.5. The lowest BCUT2D eigenvalue weighted by Crippen LogP contribution is -2.28. The highest BCUT2D eigenvalue weighted by Crippen LogP contribution is 2.42. The molecule has 1 atom stereocenters. The quantitative estimate of drug-likeness (QED) is 0.295. The van der Waals surface area contributed by atoms with E-state index < -0.39 is 23.8 Å². The molecular formula is C28H30F4N6O2. The zero-order valence-corrected chi connectivity index (χ0v) is 22.7. The molecule has 0 bridgehead atoms. The molecule has 2 aromatic heterocycles. The molecule has 12 heteroatoms. The van der Waals surface area contributed by atoms with Crippen LogP contribution in [0.3, 0.4) is 0 Å². The monoisotopic (exact) mass is 558 g/mol. The minimum atomic E-state index is -4.75. The number of carbonyl (C=O) groups is 1. The fraction of sp³-hybridized carbons (Fsp3) is 0.321. The van der Waals surface area contributed by atoms with Crippen molar-refractivity contribution in [2.24, 2.45) is 14.1 Å². The molecule has 0 aliphatic heterocycles. The summed E-state index contributed by atoms with van der Waals surface area (Å²) in [4.78, 5) is 13.7. The van der Waals surface area contributed by atoms with E-state index in [-0.39, 0.29) is 47.0 Å². The average molecular weight is 559 g/mol. The predicted molar refractivity (Wildman–Crippen MR) is 140 cm³/mol. The van der Waals surface area contributed by atoms with Crippen molar-refractivity contribution in [3.63, 3.8) is 0 Å². The van der Waals surface area contributed by atoms with Gasteiger partial charge >= 0.3 is 6.18 Å². The number of nitrogens with one attached hydrogen (secondary N) is 2. The third-order valence-electron chi connectivity index (χ3n) is 6.53. The van der Waals surface area contributed by atoms with E-state index in [1.54, 1.807) is 67.5 Å². The molecule has 1 unspecified atom stereocenters. The number of halogens is 4. The molecule has 212 valence electrons. The van der Waals surface area contributed by atoms with Gasteiger partial charge in [0.2, 0.25) is 5.62 Å². The summed E-state index contributed by atoms with van der Waals surface area (Å²) in [5.41, 5.74) is 0.462. The molecule has 0 aliphatic rings. The lowest BCUT2D eigenvalue weighted by Gasteiger charge is -2.20. The molecule has 4 rings (SSSR count). The molecule has 2 heterocycles. The maximum absolute atomic E-state index is 14.0. The number of alkyl halides is 3. The van der Waals surface area contributed by atoms with Gasteiger partial charge in [-0.25, -0.2) is 4.39 Å². The summed E-state index contributed by atoms with van der Waals surface area (Å²) in [6.07, 6.45) is -0.166. The van der Waals surface area contributed by atoms with Gasteiger partial charge in [0.15, 0.2) is 5.69 Å². The molecule has 1 amide bonds. The Morgan fingerprint density at radius 2 is 1.88 bits per heavy atom. The molecule has 0 saturated heterocycles. The van der Waals surface area contributed by atoms with E-state index in [1.165, 1.54) is 25.4 Å². The first kappa shape index (κ1) is 28.7. The Kier molecular flexibility index (Phi) is 7.90. The Labute approximate surface area is 228 Å². The van der Waals surface area contributed by atoms with E-state index in [0.29, 0.717) is 16.7 Å². The van der Waals surface area contributed by atoms with Gasteiger partial charge < -0.3 is 19.2 Å². The van der Waals surface area contributed by atoms with E-state index in [9.17, 15) is 22.4 Å². The summed E-state index contributed by atoms with van der Waals surface area (Å²) in [7, 11) is 3.08. The van der Waals surface area contributed by atoms with Crippen LogP contribution in [0.25, 0.3) is 11.1 Å². The number of carbonyl (C=O) groups excluding carboxylic acids is 1. The molecule has 0 radical (unpaired) electrons. The largest absolute Gasteiger partial charge is 0.492 e. The first-order valence-corrected chi connectivity index (χ1v) is 12.5. The van der Waals surface area contributed by atoms with Crippen molar-refractivity contribution in [3.05, 3.63) is 88.3 Å². The summed E-state index contributed by atoms with van der Waals surface area (Å²) in [5, 5.41) is 14.8. The van der Waals surface area contributed by atoms with Crippen molar-refractivity contribution in [3.8, 4) is 16.9 Å². The Morgan fingerprint density at radius 1 is 1.15 bits per heavy atom. The SMILES string of the molecule is CCOc1c(C(=O)NC(C)c2ccc(F)c(C)c2)cc(Cn2ccn(C)c2=N)cc1-c1cn(C)nc1C(F)(F)F. The van der Waals surface area contributed by atoms with Crippen LogP contribution >= 0.6 is 0 Å². The van der Waals surface area contributed by atoms with Gasteiger partial charge in [-0.3, -0.25) is 14.9 Å². The number of nitrogens with zero attached hydrogens (tertiary/aromatic N) is 4. The number of ether oxygens (including phenoxy) is 1. The number of benzene rings is 2. The molecule has 40 heavy (non-hydrogen) atoms. The van der Waals surface area contributed by atoms with E-state index in [0.717, 1.165) is 4.68 Å². The van der Waals surface area contributed by atoms with E-state index >= 15 is 0 Å². The van der Waals surface area contributed by atoms with Crippen molar-refractivity contribution < 1.29 is 27.1 Å². The number of aryl methyl sites for hydroxylation is 3. The van der Waals surface area contributed by atoms with Crippen LogP contribution in [0.2, 0.25) is 0 Å². The number of hydrogen-bond donors (Lipinski definition) is 2. The normalized spacial score (nSPS) is 12.4. The molecule has 2 aromatic carbocycles. The summed E-state index contributed by atoms with van der Waals surface area (Å²) in [5.74, 6) is -0.973. The van der Waals surface area contributed by atoms with Crippen LogP contribution in [0, 0.1) is 18.2 Å². The Bertz CT molecular complexity index is 1620. The van der Waals surface area contributed by atoms with Gasteiger partial charge in [0.25, 0.3) is 5.91 Å². The maximum Gasteiger partial charge on any atom is 0.435 e. The maximum atomic E-state index is 14.0. The minimum Gasteiger partial charge on any atom is -0.492 e. The molecule has 0 fully saturated rings. The van der Waals surface area contributed by atoms with Gasteiger partial charge in [-0.15, -0.1) is 0 Å². The van der Waals surface area contributed by atoms with Crippen molar-refractivity contribution in [1.82, 2.24) is 24.2 Å². The number of rotatable bonds is 8. The van der Waals surface area contributed by atoms with Gasteiger partial charge in [0.1, 0.15) is 11.6 Å². The highest BCUT2D eigenvalue weighted by molar-refractivity contribution is 6.00. The number of imidazole rings is 1. The second-order valence-corrected chi connectivity index (χ2v) is 9.58. The fourth-order valence-corrected chi connectivity index (χ4v) is 4.49. The smallest absolute Gasteiger partial charge is 0.435 e. The third-order valence-corrected chi connectivity index (χ3v) is 6.53. The molecule has 0 aliphatic carbocycles. The van der Waals surface area contributed by atoms with E-state index in [2.05, 4.69) is 10.4 Å². The van der Waals surface area contributed by atoms with Gasteiger partial charge in [-0.1, -0.05) is 12.1 Å². The van der Waals surface area contributed by atoms with E-state index in [4.69, 9.17) is 10.1 Å². The van der Waals surface area contributed by atoms with Gasteiger partial charge in [0.05, 0.1) is 24.8 Å². The topological polar surface area (TPSA) is 89.9 Å². The molecule has 8 nitrogen and oxygen atoms in total. The highest BCUT2D eigenvalue weighted by atomic mass is 19.4. The average Bonchev–Trinajstić information content (AvgIpc) is 3.43. The number of amides is 1. The number of hydrogen-bond acceptors (Lipinski definition) is 4. The zero-order valence-electron chi connectivity index (χ0n) is 22.7. The van der Waals surface area contributed by atoms with Crippen LogP contribution in [0.15, 0.2) is 48.9 Å². The summed E-state index contributed by atoms with van der Waals surface area (Å²) < 4.78 is 65.8. The Hall–Kier alpha value is -4.35. The zero-order chi connectivity index (χ0) is 29.4. The summed E-state index contributed by atoms with van der Waals surface area (Å²) in [6.45, 7) is 5.22. The second kappa shape index (κ2) is 11.0. The van der Waals surface area contributed by atoms with E-state index in [1.807, 2.05) is 0 Å². The van der Waals surface area contributed by atoms with Crippen LogP contribution in [0.4, 0.5) is 17.6 Å². The summed E-state index contributed by atoms with van der Waals surface area (Å²) >= 11 is 0. The molecule has 2 N–H and O–H groups in total. The van der Waals surface area contributed by atoms with Crippen LogP contribution in [-0.4, -0.2) is 31.4 Å². The van der Waals surface area contributed by atoms with Crippen LogP contribution in [0.5, 0.6) is 5.75 Å². The fourth-order valence-electron chi connectivity index (χ4n) is 4.49. The molecular weight excluding hydrogens is 528 g/mol. The Balaban J connectivity index is 1.87. The standard InChI is InChI=1S/C28H30F4N6O2/c1-6-40-24-20(22-15-37(5)35-25(22)28(30,31)32)12-18(14-38-10-9-36(4)27(38)33)13-21(24)26(39)34-17(3)19-7-8-23(29)16(2)11-19/h7-13,15,17,33H,6,14H2,1-5H3,(H,34,39). The second-order valence-electron chi connectivity index (χ2n) is 9.58. The Morgan fingerprint density at radius 3 is 2.48 bits per heavy atom. The lowest BCUT2D eigenvalue weighted by atomic mass is 9.96. The van der Waals surface area contributed by atoms with Crippen molar-refractivity contribution in [1.29, 1.82) is 5.41 Å². The van der Waals surface area contributed by atoms with Gasteiger partial charge in [-0.2, -0.15) is 18.3 Å². The lowest BCUT2D eigenvalue weighted by molar-refractivity contribution is -0.140. The van der Waals surface area contributed by atoms with Crippen molar-refractivity contribution >= 4 is 5.91 Å². The van der Waals surface area contributed by atoms with Crippen molar-refractivity contribution in [2.75, 3.05) is 6.61 Å².